The molecule has 0 spiro atoms. The van der Waals surface area contributed by atoms with Gasteiger partial charge in [0, 0.05) is 37.4 Å². The number of amides is 1. The van der Waals surface area contributed by atoms with E-state index in [4.69, 9.17) is 0 Å². The maximum Gasteiger partial charge on any atom is 0.274 e. The van der Waals surface area contributed by atoms with Gasteiger partial charge in [-0.25, -0.2) is 21.9 Å². The molecule has 1 amide bonds. The maximum absolute atomic E-state index is 14.1. The number of carbonyl (C=O) groups is 1. The third-order valence-corrected chi connectivity index (χ3v) is 8.12. The van der Waals surface area contributed by atoms with Gasteiger partial charge >= 0.3 is 0 Å². The fourth-order valence-electron chi connectivity index (χ4n) is 4.48. The number of fused-ring (bicyclic) bond motifs is 1. The summed E-state index contributed by atoms with van der Waals surface area (Å²) in [5.41, 5.74) is 2.89. The number of hydrogen-bond donors (Lipinski definition) is 0. The van der Waals surface area contributed by atoms with Gasteiger partial charge in [-0.15, -0.1) is 0 Å². The first-order chi connectivity index (χ1) is 15.9. The molecule has 1 fully saturated rings. The van der Waals surface area contributed by atoms with Gasteiger partial charge in [-0.1, -0.05) is 12.1 Å². The van der Waals surface area contributed by atoms with Crippen LogP contribution in [0.4, 0.5) is 8.78 Å². The van der Waals surface area contributed by atoms with E-state index in [1.165, 1.54) is 34.6 Å². The number of benzene rings is 2. The first kappa shape index (κ1) is 21.7. The van der Waals surface area contributed by atoms with Crippen molar-refractivity contribution in [2.24, 2.45) is 0 Å². The summed E-state index contributed by atoms with van der Waals surface area (Å²) in [5.74, 6) is -1.39. The first-order valence-electron chi connectivity index (χ1n) is 10.8. The first-order valence-corrected chi connectivity index (χ1v) is 12.2. The quantitative estimate of drug-likeness (QED) is 0.585. The molecule has 0 saturated carbocycles. The fraction of sp³-hybridized carbons (Fsp3) is 0.304. The fourth-order valence-corrected chi connectivity index (χ4v) is 5.97. The van der Waals surface area contributed by atoms with Crippen LogP contribution in [-0.4, -0.2) is 59.5 Å². The minimum atomic E-state index is -3.98. The number of piperazine rings is 1. The summed E-state index contributed by atoms with van der Waals surface area (Å²) in [7, 11) is -3.98. The Kier molecular flexibility index (Phi) is 5.49. The molecule has 3 aromatic rings. The normalized spacial score (nSPS) is 16.7. The molecule has 0 radical (unpaired) electrons. The van der Waals surface area contributed by atoms with Gasteiger partial charge in [0.25, 0.3) is 5.91 Å². The predicted molar refractivity (Wildman–Crippen MR) is 117 cm³/mol. The summed E-state index contributed by atoms with van der Waals surface area (Å²) in [6, 6.07) is 11.2. The van der Waals surface area contributed by atoms with Crippen molar-refractivity contribution >= 4 is 15.9 Å². The molecule has 5 rings (SSSR count). The van der Waals surface area contributed by atoms with Gasteiger partial charge in [-0.2, -0.15) is 9.40 Å². The van der Waals surface area contributed by atoms with Crippen molar-refractivity contribution in [1.82, 2.24) is 19.0 Å². The van der Waals surface area contributed by atoms with Gasteiger partial charge in [-0.3, -0.25) is 4.79 Å². The lowest BCUT2D eigenvalue weighted by Gasteiger charge is -2.33. The number of hydrogen-bond acceptors (Lipinski definition) is 4. The number of sulfonamides is 1. The topological polar surface area (TPSA) is 75.5 Å². The van der Waals surface area contributed by atoms with E-state index in [-0.39, 0.29) is 42.8 Å². The van der Waals surface area contributed by atoms with E-state index in [0.29, 0.717) is 11.4 Å². The summed E-state index contributed by atoms with van der Waals surface area (Å²) < 4.78 is 56.0. The maximum atomic E-state index is 14.1. The average Bonchev–Trinajstić information content (AvgIpc) is 3.43. The van der Waals surface area contributed by atoms with Crippen LogP contribution in [0.5, 0.6) is 0 Å². The number of halogens is 2. The monoisotopic (exact) mass is 472 g/mol. The molecule has 2 aliphatic rings. The lowest BCUT2D eigenvalue weighted by atomic mass is 10.1. The van der Waals surface area contributed by atoms with Crippen LogP contribution in [0.1, 0.15) is 28.2 Å². The third-order valence-electron chi connectivity index (χ3n) is 6.18. The van der Waals surface area contributed by atoms with Gasteiger partial charge in [0.1, 0.15) is 16.5 Å². The van der Waals surface area contributed by atoms with E-state index in [1.807, 2.05) is 0 Å². The summed E-state index contributed by atoms with van der Waals surface area (Å²) in [4.78, 5) is 14.5. The van der Waals surface area contributed by atoms with Crippen LogP contribution in [-0.2, 0) is 22.9 Å². The minimum Gasteiger partial charge on any atom is -0.335 e. The van der Waals surface area contributed by atoms with E-state index in [1.54, 1.807) is 21.7 Å². The molecule has 1 aliphatic carbocycles. The Balaban J connectivity index is 1.35. The van der Waals surface area contributed by atoms with Gasteiger partial charge in [0.05, 0.1) is 5.69 Å². The van der Waals surface area contributed by atoms with Crippen LogP contribution in [0.2, 0.25) is 0 Å². The molecule has 0 unspecified atom stereocenters. The number of rotatable bonds is 4. The third kappa shape index (κ3) is 3.83. The second kappa shape index (κ2) is 8.35. The number of carbonyl (C=O) groups excluding carboxylic acids is 1. The van der Waals surface area contributed by atoms with Crippen LogP contribution in [0, 0.1) is 11.6 Å². The SMILES string of the molecule is O=C(c1nn(-c2ccc(F)cc2)c2c1CCC2)N1CCN(S(=O)(=O)c2ccccc2F)CC1. The predicted octanol–water partition coefficient (Wildman–Crippen LogP) is 2.79. The summed E-state index contributed by atoms with van der Waals surface area (Å²) >= 11 is 0. The van der Waals surface area contributed by atoms with Crippen molar-refractivity contribution in [1.29, 1.82) is 0 Å². The van der Waals surface area contributed by atoms with E-state index < -0.39 is 15.8 Å². The molecule has 10 heteroatoms. The van der Waals surface area contributed by atoms with Crippen molar-refractivity contribution in [3.63, 3.8) is 0 Å². The zero-order valence-corrected chi connectivity index (χ0v) is 18.6. The standard InChI is InChI=1S/C23H22F2N4O3S/c24-16-8-10-17(11-9-16)29-20-6-3-4-18(20)22(26-29)23(30)27-12-14-28(15-13-27)33(31,32)21-7-2-1-5-19(21)25/h1-2,5,7-11H,3-4,6,12-15H2. The van der Waals surface area contributed by atoms with E-state index >= 15 is 0 Å². The van der Waals surface area contributed by atoms with E-state index in [0.717, 1.165) is 36.6 Å². The Morgan fingerprint density at radius 2 is 1.61 bits per heavy atom. The number of aromatic nitrogens is 2. The average molecular weight is 473 g/mol. The molecule has 2 aromatic carbocycles. The highest BCUT2D eigenvalue weighted by molar-refractivity contribution is 7.89. The molecule has 33 heavy (non-hydrogen) atoms. The van der Waals surface area contributed by atoms with Crippen molar-refractivity contribution in [2.45, 2.75) is 24.2 Å². The molecular weight excluding hydrogens is 450 g/mol. The van der Waals surface area contributed by atoms with Crippen LogP contribution in [0.3, 0.4) is 0 Å². The Bertz CT molecular complexity index is 1310. The molecular formula is C23H22F2N4O3S. The van der Waals surface area contributed by atoms with Crippen molar-refractivity contribution in [3.8, 4) is 5.69 Å². The molecule has 2 heterocycles. The van der Waals surface area contributed by atoms with Crippen molar-refractivity contribution in [3.05, 3.63) is 77.1 Å². The Hall–Kier alpha value is -3.11. The largest absolute Gasteiger partial charge is 0.335 e. The highest BCUT2D eigenvalue weighted by Gasteiger charge is 2.34. The Morgan fingerprint density at radius 3 is 2.30 bits per heavy atom. The lowest BCUT2D eigenvalue weighted by Crippen LogP contribution is -2.50. The summed E-state index contributed by atoms with van der Waals surface area (Å²) in [5, 5.41) is 4.56. The van der Waals surface area contributed by atoms with Crippen LogP contribution in [0.25, 0.3) is 5.69 Å². The zero-order chi connectivity index (χ0) is 23.2. The molecule has 1 aromatic heterocycles. The highest BCUT2D eigenvalue weighted by Crippen LogP contribution is 2.29. The van der Waals surface area contributed by atoms with Gasteiger partial charge in [0.15, 0.2) is 5.69 Å². The van der Waals surface area contributed by atoms with Crippen LogP contribution >= 0.6 is 0 Å². The smallest absolute Gasteiger partial charge is 0.274 e. The zero-order valence-electron chi connectivity index (χ0n) is 17.7. The highest BCUT2D eigenvalue weighted by atomic mass is 32.2. The van der Waals surface area contributed by atoms with Crippen LogP contribution < -0.4 is 0 Å². The van der Waals surface area contributed by atoms with Crippen LogP contribution in [0.15, 0.2) is 53.4 Å². The van der Waals surface area contributed by atoms with Crippen molar-refractivity contribution in [2.75, 3.05) is 26.2 Å². The molecule has 7 nitrogen and oxygen atoms in total. The van der Waals surface area contributed by atoms with Crippen molar-refractivity contribution < 1.29 is 22.0 Å². The van der Waals surface area contributed by atoms with Gasteiger partial charge < -0.3 is 4.90 Å². The Labute approximate surface area is 190 Å². The van der Waals surface area contributed by atoms with E-state index in [9.17, 15) is 22.0 Å². The number of nitrogens with zero attached hydrogens (tertiary/aromatic N) is 4. The second-order valence-electron chi connectivity index (χ2n) is 8.14. The molecule has 0 atom stereocenters. The molecule has 0 N–H and O–H groups in total. The molecule has 1 aliphatic heterocycles. The van der Waals surface area contributed by atoms with Gasteiger partial charge in [0.2, 0.25) is 10.0 Å². The van der Waals surface area contributed by atoms with E-state index in [2.05, 4.69) is 5.10 Å². The molecule has 172 valence electrons. The lowest BCUT2D eigenvalue weighted by molar-refractivity contribution is 0.0690. The second-order valence-corrected chi connectivity index (χ2v) is 10.0. The van der Waals surface area contributed by atoms with Gasteiger partial charge in [-0.05, 0) is 55.7 Å². The Morgan fingerprint density at radius 1 is 0.909 bits per heavy atom. The minimum absolute atomic E-state index is 0.0727. The molecule has 0 bridgehead atoms. The summed E-state index contributed by atoms with van der Waals surface area (Å²) in [6.45, 7) is 0.516. The summed E-state index contributed by atoms with van der Waals surface area (Å²) in [6.07, 6.45) is 2.42. The molecule has 1 saturated heterocycles.